The van der Waals surface area contributed by atoms with Gasteiger partial charge < -0.3 is 11.1 Å². The molecule has 0 saturated heterocycles. The molecule has 19 heavy (non-hydrogen) atoms. The lowest BCUT2D eigenvalue weighted by atomic mass is 10.2. The maximum atomic E-state index is 11.4. The smallest absolute Gasteiger partial charge is 0.236 e. The topological polar surface area (TPSA) is 85.1 Å². The van der Waals surface area contributed by atoms with Gasteiger partial charge in [-0.2, -0.15) is 0 Å². The van der Waals surface area contributed by atoms with E-state index in [2.05, 4.69) is 10.3 Å². The summed E-state index contributed by atoms with van der Waals surface area (Å²) >= 11 is 1.32. The van der Waals surface area contributed by atoms with Crippen molar-refractivity contribution in [2.75, 3.05) is 12.3 Å². The molecule has 1 heterocycles. The fraction of sp³-hybridized carbons (Fsp3) is 0.154. The summed E-state index contributed by atoms with van der Waals surface area (Å²) in [6.07, 6.45) is 0. The first-order valence-corrected chi connectivity index (χ1v) is 6.67. The van der Waals surface area contributed by atoms with Gasteiger partial charge in [-0.3, -0.25) is 9.59 Å². The number of benzene rings is 1. The van der Waals surface area contributed by atoms with Crippen molar-refractivity contribution in [2.24, 2.45) is 5.73 Å². The number of carbonyl (C=O) groups is 2. The van der Waals surface area contributed by atoms with E-state index in [1.165, 1.54) is 11.8 Å². The van der Waals surface area contributed by atoms with Crippen LogP contribution >= 0.6 is 11.8 Å². The SMILES string of the molecule is NC(=O)CNC(=O)CSc1ccc2ccccc2n1. The van der Waals surface area contributed by atoms with Gasteiger partial charge in [0.05, 0.1) is 22.8 Å². The zero-order chi connectivity index (χ0) is 13.7. The molecule has 0 saturated carbocycles. The number of nitrogens with two attached hydrogens (primary N) is 1. The van der Waals surface area contributed by atoms with Crippen LogP contribution < -0.4 is 11.1 Å². The Labute approximate surface area is 114 Å². The maximum absolute atomic E-state index is 11.4. The molecule has 2 rings (SSSR count). The van der Waals surface area contributed by atoms with Crippen LogP contribution in [0.1, 0.15) is 0 Å². The molecule has 0 bridgehead atoms. The van der Waals surface area contributed by atoms with E-state index in [0.717, 1.165) is 15.9 Å². The number of hydrogen-bond acceptors (Lipinski definition) is 4. The van der Waals surface area contributed by atoms with Crippen molar-refractivity contribution in [3.05, 3.63) is 36.4 Å². The Morgan fingerprint density at radius 3 is 2.79 bits per heavy atom. The number of pyridine rings is 1. The Balaban J connectivity index is 1.94. The van der Waals surface area contributed by atoms with E-state index in [-0.39, 0.29) is 18.2 Å². The van der Waals surface area contributed by atoms with E-state index in [4.69, 9.17) is 5.73 Å². The summed E-state index contributed by atoms with van der Waals surface area (Å²) in [4.78, 5) is 26.4. The fourth-order valence-corrected chi connectivity index (χ4v) is 2.21. The number of thioether (sulfide) groups is 1. The molecule has 0 spiro atoms. The Hall–Kier alpha value is -2.08. The Morgan fingerprint density at radius 2 is 2.00 bits per heavy atom. The number of aromatic nitrogens is 1. The van der Waals surface area contributed by atoms with Crippen LogP contribution in [0.3, 0.4) is 0 Å². The van der Waals surface area contributed by atoms with E-state index in [0.29, 0.717) is 0 Å². The predicted octanol–water partition coefficient (Wildman–Crippen LogP) is 0.928. The third kappa shape index (κ3) is 3.96. The normalized spacial score (nSPS) is 10.3. The lowest BCUT2D eigenvalue weighted by molar-refractivity contribution is -0.123. The van der Waals surface area contributed by atoms with E-state index >= 15 is 0 Å². The second-order valence-electron chi connectivity index (χ2n) is 3.87. The van der Waals surface area contributed by atoms with E-state index in [1.54, 1.807) is 0 Å². The monoisotopic (exact) mass is 275 g/mol. The second-order valence-corrected chi connectivity index (χ2v) is 4.87. The third-order valence-electron chi connectivity index (χ3n) is 2.38. The van der Waals surface area contributed by atoms with Crippen molar-refractivity contribution in [1.29, 1.82) is 0 Å². The lowest BCUT2D eigenvalue weighted by Gasteiger charge is -2.03. The van der Waals surface area contributed by atoms with E-state index in [1.807, 2.05) is 36.4 Å². The number of hydrogen-bond donors (Lipinski definition) is 2. The third-order valence-corrected chi connectivity index (χ3v) is 3.31. The largest absolute Gasteiger partial charge is 0.368 e. The first kappa shape index (κ1) is 13.4. The molecule has 6 heteroatoms. The van der Waals surface area contributed by atoms with Crippen LogP contribution in [0, 0.1) is 0 Å². The first-order valence-electron chi connectivity index (χ1n) is 5.69. The zero-order valence-corrected chi connectivity index (χ0v) is 10.9. The Morgan fingerprint density at radius 1 is 1.21 bits per heavy atom. The summed E-state index contributed by atoms with van der Waals surface area (Å²) in [5.74, 6) is -0.584. The summed E-state index contributed by atoms with van der Waals surface area (Å²) in [7, 11) is 0. The van der Waals surface area contributed by atoms with Crippen molar-refractivity contribution in [3.63, 3.8) is 0 Å². The summed E-state index contributed by atoms with van der Waals surface area (Å²) in [6.45, 7) is -0.134. The second kappa shape index (κ2) is 6.19. The van der Waals surface area contributed by atoms with Gasteiger partial charge in [-0.05, 0) is 12.1 Å². The van der Waals surface area contributed by atoms with Crippen molar-refractivity contribution in [2.45, 2.75) is 5.03 Å². The average Bonchev–Trinajstić information content (AvgIpc) is 2.42. The highest BCUT2D eigenvalue weighted by Crippen LogP contribution is 2.19. The van der Waals surface area contributed by atoms with Gasteiger partial charge in [-0.25, -0.2) is 4.98 Å². The number of amides is 2. The van der Waals surface area contributed by atoms with Gasteiger partial charge >= 0.3 is 0 Å². The van der Waals surface area contributed by atoms with Gasteiger partial charge in [0.1, 0.15) is 0 Å². The molecule has 98 valence electrons. The molecule has 5 nitrogen and oxygen atoms in total. The van der Waals surface area contributed by atoms with Gasteiger partial charge in [0.2, 0.25) is 11.8 Å². The van der Waals surface area contributed by atoms with Crippen LogP contribution in [-0.4, -0.2) is 29.1 Å². The minimum absolute atomic E-state index is 0.134. The molecule has 3 N–H and O–H groups in total. The molecule has 2 aromatic rings. The number of nitrogens with one attached hydrogen (secondary N) is 1. The van der Waals surface area contributed by atoms with Gasteiger partial charge in [-0.15, -0.1) is 0 Å². The summed E-state index contributed by atoms with van der Waals surface area (Å²) in [5, 5.41) is 4.26. The molecule has 2 amide bonds. The number of para-hydroxylation sites is 1. The van der Waals surface area contributed by atoms with Crippen molar-refractivity contribution >= 4 is 34.5 Å². The number of rotatable bonds is 5. The number of carbonyl (C=O) groups excluding carboxylic acids is 2. The standard InChI is InChI=1S/C13H13N3O2S/c14-11(17)7-15-12(18)8-19-13-6-5-9-3-1-2-4-10(9)16-13/h1-6H,7-8H2,(H2,14,17)(H,15,18). The van der Waals surface area contributed by atoms with Crippen LogP contribution in [0.4, 0.5) is 0 Å². The van der Waals surface area contributed by atoms with Crippen molar-refractivity contribution < 1.29 is 9.59 Å². The van der Waals surface area contributed by atoms with Gasteiger partial charge in [0, 0.05) is 5.39 Å². The Bertz CT molecular complexity index is 616. The zero-order valence-electron chi connectivity index (χ0n) is 10.1. The summed E-state index contributed by atoms with van der Waals surface area (Å²) in [5.41, 5.74) is 5.83. The van der Waals surface area contributed by atoms with Crippen LogP contribution in [-0.2, 0) is 9.59 Å². The molecular weight excluding hydrogens is 262 g/mol. The molecule has 0 atom stereocenters. The maximum Gasteiger partial charge on any atom is 0.236 e. The molecule has 0 aliphatic heterocycles. The van der Waals surface area contributed by atoms with Crippen LogP contribution in [0.2, 0.25) is 0 Å². The first-order chi connectivity index (χ1) is 9.15. The molecule has 0 aliphatic rings. The molecule has 0 radical (unpaired) electrons. The highest BCUT2D eigenvalue weighted by Gasteiger charge is 2.05. The van der Waals surface area contributed by atoms with E-state index in [9.17, 15) is 9.59 Å². The molecule has 0 fully saturated rings. The predicted molar refractivity (Wildman–Crippen MR) is 74.7 cm³/mol. The van der Waals surface area contributed by atoms with Gasteiger partial charge in [0.15, 0.2) is 0 Å². The van der Waals surface area contributed by atoms with Crippen LogP contribution in [0.5, 0.6) is 0 Å². The van der Waals surface area contributed by atoms with E-state index < -0.39 is 5.91 Å². The molecule has 0 aliphatic carbocycles. The minimum Gasteiger partial charge on any atom is -0.368 e. The highest BCUT2D eigenvalue weighted by molar-refractivity contribution is 7.99. The summed E-state index contributed by atoms with van der Waals surface area (Å²) < 4.78 is 0. The molecular formula is C13H13N3O2S. The summed E-state index contributed by atoms with van der Waals surface area (Å²) in [6, 6.07) is 11.6. The number of fused-ring (bicyclic) bond motifs is 1. The van der Waals surface area contributed by atoms with Crippen LogP contribution in [0.25, 0.3) is 10.9 Å². The average molecular weight is 275 g/mol. The quantitative estimate of drug-likeness (QED) is 0.795. The molecule has 1 aromatic carbocycles. The molecule has 1 aromatic heterocycles. The Kier molecular flexibility index (Phi) is 4.35. The molecule has 0 unspecified atom stereocenters. The lowest BCUT2D eigenvalue weighted by Crippen LogP contribution is -2.34. The van der Waals surface area contributed by atoms with Crippen molar-refractivity contribution in [1.82, 2.24) is 10.3 Å². The van der Waals surface area contributed by atoms with Gasteiger partial charge in [-0.1, -0.05) is 36.0 Å². The van der Waals surface area contributed by atoms with Gasteiger partial charge in [0.25, 0.3) is 0 Å². The highest BCUT2D eigenvalue weighted by atomic mass is 32.2. The number of nitrogens with zero attached hydrogens (tertiary/aromatic N) is 1. The minimum atomic E-state index is -0.554. The van der Waals surface area contributed by atoms with Crippen LogP contribution in [0.15, 0.2) is 41.4 Å². The number of primary amides is 1. The fourth-order valence-electron chi connectivity index (χ4n) is 1.50. The van der Waals surface area contributed by atoms with Crippen molar-refractivity contribution in [3.8, 4) is 0 Å².